The molecule has 0 atom stereocenters. The normalized spacial score (nSPS) is 11.6. The van der Waals surface area contributed by atoms with Crippen molar-refractivity contribution in [3.8, 4) is 5.69 Å². The van der Waals surface area contributed by atoms with Crippen LogP contribution >= 0.6 is 11.6 Å². The lowest BCUT2D eigenvalue weighted by atomic mass is 10.2. The van der Waals surface area contributed by atoms with Crippen molar-refractivity contribution in [1.29, 1.82) is 0 Å². The molecular formula is C29H29ClN4O3S. The van der Waals surface area contributed by atoms with Gasteiger partial charge in [0.25, 0.3) is 15.9 Å². The number of hydrazone groups is 1. The average Bonchev–Trinajstić information content (AvgIpc) is 3.15. The molecule has 0 fully saturated rings. The summed E-state index contributed by atoms with van der Waals surface area (Å²) in [6.07, 6.45) is 1.55. The molecule has 1 heterocycles. The summed E-state index contributed by atoms with van der Waals surface area (Å²) in [6.45, 7) is 7.24. The van der Waals surface area contributed by atoms with Gasteiger partial charge < -0.3 is 4.57 Å². The number of sulfonamides is 1. The minimum Gasteiger partial charge on any atom is -0.318 e. The van der Waals surface area contributed by atoms with Crippen LogP contribution in [0.4, 0.5) is 5.69 Å². The van der Waals surface area contributed by atoms with Gasteiger partial charge in [0, 0.05) is 27.7 Å². The van der Waals surface area contributed by atoms with Crippen LogP contribution in [0.2, 0.25) is 5.02 Å². The largest absolute Gasteiger partial charge is 0.318 e. The lowest BCUT2D eigenvalue weighted by Crippen LogP contribution is -2.39. The van der Waals surface area contributed by atoms with Crippen LogP contribution in [0.25, 0.3) is 5.69 Å². The predicted octanol–water partition coefficient (Wildman–Crippen LogP) is 5.71. The van der Waals surface area contributed by atoms with Crippen LogP contribution in [0.15, 0.2) is 88.9 Å². The van der Waals surface area contributed by atoms with E-state index >= 15 is 0 Å². The molecule has 0 bridgehead atoms. The summed E-state index contributed by atoms with van der Waals surface area (Å²) >= 11 is 6.16. The fourth-order valence-electron chi connectivity index (χ4n) is 4.21. The number of anilines is 1. The minimum atomic E-state index is -4.00. The Morgan fingerprint density at radius 1 is 0.947 bits per heavy atom. The van der Waals surface area contributed by atoms with Gasteiger partial charge in [0.05, 0.1) is 16.8 Å². The van der Waals surface area contributed by atoms with Crippen LogP contribution in [-0.2, 0) is 14.8 Å². The van der Waals surface area contributed by atoms with Gasteiger partial charge in [-0.3, -0.25) is 9.10 Å². The van der Waals surface area contributed by atoms with Gasteiger partial charge in [-0.25, -0.2) is 13.8 Å². The molecule has 1 aromatic heterocycles. The third kappa shape index (κ3) is 5.98. The van der Waals surface area contributed by atoms with Gasteiger partial charge in [0.1, 0.15) is 6.54 Å². The maximum atomic E-state index is 13.5. The third-order valence-electron chi connectivity index (χ3n) is 6.12. The van der Waals surface area contributed by atoms with Crippen molar-refractivity contribution in [2.24, 2.45) is 5.10 Å². The van der Waals surface area contributed by atoms with Crippen molar-refractivity contribution < 1.29 is 13.2 Å². The summed E-state index contributed by atoms with van der Waals surface area (Å²) in [5.74, 6) is -0.568. The van der Waals surface area contributed by atoms with Crippen LogP contribution in [0.5, 0.6) is 0 Å². The van der Waals surface area contributed by atoms with E-state index in [0.717, 1.165) is 38.1 Å². The molecule has 0 radical (unpaired) electrons. The number of aromatic nitrogens is 1. The lowest BCUT2D eigenvalue weighted by Gasteiger charge is -2.24. The Bertz CT molecular complexity index is 1610. The smallest absolute Gasteiger partial charge is 0.264 e. The molecule has 0 unspecified atom stereocenters. The zero-order valence-electron chi connectivity index (χ0n) is 21.6. The van der Waals surface area contributed by atoms with Crippen LogP contribution in [0.1, 0.15) is 28.1 Å². The van der Waals surface area contributed by atoms with E-state index in [1.807, 2.05) is 68.7 Å². The monoisotopic (exact) mass is 548 g/mol. The molecule has 4 rings (SSSR count). The highest BCUT2D eigenvalue weighted by Gasteiger charge is 2.27. The Morgan fingerprint density at radius 2 is 1.66 bits per heavy atom. The highest BCUT2D eigenvalue weighted by molar-refractivity contribution is 7.92. The molecule has 7 nitrogen and oxygen atoms in total. The molecule has 0 aliphatic rings. The van der Waals surface area contributed by atoms with E-state index in [2.05, 4.69) is 10.5 Å². The van der Waals surface area contributed by atoms with Gasteiger partial charge in [0.2, 0.25) is 0 Å². The molecule has 1 N–H and O–H groups in total. The number of nitrogens with zero attached hydrogens (tertiary/aromatic N) is 3. The first-order valence-electron chi connectivity index (χ1n) is 12.0. The number of hydrogen-bond donors (Lipinski definition) is 1. The summed E-state index contributed by atoms with van der Waals surface area (Å²) < 4.78 is 30.2. The Labute approximate surface area is 228 Å². The number of rotatable bonds is 8. The number of benzene rings is 3. The molecular weight excluding hydrogens is 520 g/mol. The second-order valence-electron chi connectivity index (χ2n) is 9.10. The van der Waals surface area contributed by atoms with E-state index in [0.29, 0.717) is 10.7 Å². The van der Waals surface area contributed by atoms with Crippen molar-refractivity contribution in [2.45, 2.75) is 32.6 Å². The zero-order valence-corrected chi connectivity index (χ0v) is 23.2. The van der Waals surface area contributed by atoms with Gasteiger partial charge in [-0.2, -0.15) is 5.10 Å². The maximum Gasteiger partial charge on any atom is 0.264 e. The molecule has 0 spiro atoms. The van der Waals surface area contributed by atoms with Gasteiger partial charge in [0.15, 0.2) is 0 Å². The molecule has 38 heavy (non-hydrogen) atoms. The Kier molecular flexibility index (Phi) is 8.04. The molecule has 3 aromatic carbocycles. The van der Waals surface area contributed by atoms with E-state index in [1.165, 1.54) is 0 Å². The van der Waals surface area contributed by atoms with Crippen LogP contribution in [-0.4, -0.2) is 31.7 Å². The van der Waals surface area contributed by atoms with Crippen LogP contribution in [0.3, 0.4) is 0 Å². The molecule has 0 aliphatic heterocycles. The maximum absolute atomic E-state index is 13.5. The van der Waals surface area contributed by atoms with Gasteiger partial charge >= 0.3 is 0 Å². The SMILES string of the molecule is Cc1ccc(S(=O)(=O)N(CC(=O)N/N=C\c2cc(C)n(-c3cccc(Cl)c3)c2C)c2cccc(C)c2)cc1. The number of carbonyl (C=O) groups excluding carboxylic acids is 1. The fraction of sp³-hybridized carbons (Fsp3) is 0.172. The molecule has 9 heteroatoms. The summed E-state index contributed by atoms with van der Waals surface area (Å²) in [6, 6.07) is 23.0. The topological polar surface area (TPSA) is 83.8 Å². The van der Waals surface area contributed by atoms with E-state index in [-0.39, 0.29) is 4.90 Å². The first kappa shape index (κ1) is 27.2. The van der Waals surface area contributed by atoms with E-state index in [1.54, 1.807) is 48.7 Å². The number of halogens is 1. The third-order valence-corrected chi connectivity index (χ3v) is 8.14. The Balaban J connectivity index is 1.56. The average molecular weight is 549 g/mol. The summed E-state index contributed by atoms with van der Waals surface area (Å²) in [5, 5.41) is 4.75. The first-order chi connectivity index (χ1) is 18.1. The molecule has 0 saturated heterocycles. The van der Waals surface area contributed by atoms with Gasteiger partial charge in [-0.15, -0.1) is 0 Å². The van der Waals surface area contributed by atoms with Crippen molar-refractivity contribution in [2.75, 3.05) is 10.8 Å². The fourth-order valence-corrected chi connectivity index (χ4v) is 5.80. The Hall–Kier alpha value is -3.88. The van der Waals surface area contributed by atoms with E-state index in [9.17, 15) is 13.2 Å². The van der Waals surface area contributed by atoms with Crippen LogP contribution < -0.4 is 9.73 Å². The number of carbonyl (C=O) groups is 1. The first-order valence-corrected chi connectivity index (χ1v) is 13.8. The van der Waals surface area contributed by atoms with Crippen molar-refractivity contribution in [3.63, 3.8) is 0 Å². The van der Waals surface area contributed by atoms with Crippen molar-refractivity contribution in [1.82, 2.24) is 9.99 Å². The number of amides is 1. The highest BCUT2D eigenvalue weighted by Crippen LogP contribution is 2.25. The van der Waals surface area contributed by atoms with Gasteiger partial charge in [-0.05, 0) is 81.8 Å². The van der Waals surface area contributed by atoms with Gasteiger partial charge in [-0.1, -0.05) is 47.5 Å². The van der Waals surface area contributed by atoms with E-state index in [4.69, 9.17) is 11.6 Å². The minimum absolute atomic E-state index is 0.106. The molecule has 0 saturated carbocycles. The standard InChI is InChI=1S/C29H29ClN4O3S/c1-20-11-13-28(14-12-20)38(36,37)33(26-9-5-7-21(2)15-26)19-29(35)32-31-18-24-16-22(3)34(23(24)4)27-10-6-8-25(30)17-27/h5-18H,19H2,1-4H3,(H,32,35)/b31-18-. The number of hydrogen-bond acceptors (Lipinski definition) is 4. The predicted molar refractivity (Wildman–Crippen MR) is 153 cm³/mol. The summed E-state index contributed by atoms with van der Waals surface area (Å²) in [4.78, 5) is 13.0. The van der Waals surface area contributed by atoms with Crippen LogP contribution in [0, 0.1) is 27.7 Å². The molecule has 196 valence electrons. The van der Waals surface area contributed by atoms with Crippen molar-refractivity contribution >= 4 is 39.4 Å². The number of nitrogens with one attached hydrogen (secondary N) is 1. The second kappa shape index (κ2) is 11.2. The van der Waals surface area contributed by atoms with Crippen molar-refractivity contribution in [3.05, 3.63) is 112 Å². The second-order valence-corrected chi connectivity index (χ2v) is 11.4. The lowest BCUT2D eigenvalue weighted by molar-refractivity contribution is -0.119. The van der Waals surface area contributed by atoms with E-state index < -0.39 is 22.5 Å². The quantitative estimate of drug-likeness (QED) is 0.226. The zero-order chi connectivity index (χ0) is 27.4. The Morgan fingerprint density at radius 3 is 2.34 bits per heavy atom. The summed E-state index contributed by atoms with van der Waals surface area (Å²) in [5.41, 5.74) is 8.32. The molecule has 4 aromatic rings. The molecule has 0 aliphatic carbocycles. The number of aryl methyl sites for hydroxylation is 3. The summed E-state index contributed by atoms with van der Waals surface area (Å²) in [7, 11) is -4.00. The molecule has 1 amide bonds. The highest BCUT2D eigenvalue weighted by atomic mass is 35.5.